The zero-order valence-corrected chi connectivity index (χ0v) is 14.0. The molecule has 21 heavy (non-hydrogen) atoms. The normalized spacial score (nSPS) is 10.4. The first kappa shape index (κ1) is 16.1. The second-order valence-electron chi connectivity index (χ2n) is 4.20. The average molecular weight is 343 g/mol. The lowest BCUT2D eigenvalue weighted by Gasteiger charge is -2.03. The molecule has 0 spiro atoms. The van der Waals surface area contributed by atoms with E-state index in [9.17, 15) is 4.79 Å². The maximum atomic E-state index is 11.4. The molecular formula is C13H15ClN4OS2. The van der Waals surface area contributed by atoms with Gasteiger partial charge >= 0.3 is 0 Å². The van der Waals surface area contributed by atoms with E-state index in [1.54, 1.807) is 0 Å². The van der Waals surface area contributed by atoms with Crippen molar-refractivity contribution in [3.8, 4) is 0 Å². The topological polar surface area (TPSA) is 66.9 Å². The maximum Gasteiger partial charge on any atom is 0.230 e. The number of aromatic nitrogens is 2. The van der Waals surface area contributed by atoms with Crippen LogP contribution in [0.3, 0.4) is 0 Å². The number of halogens is 1. The van der Waals surface area contributed by atoms with Crippen molar-refractivity contribution >= 4 is 51.4 Å². The number of carbonyl (C=O) groups excluding carboxylic acids is 1. The summed E-state index contributed by atoms with van der Waals surface area (Å²) in [6, 6.07) is 5.72. The van der Waals surface area contributed by atoms with Crippen molar-refractivity contribution in [3.05, 3.63) is 28.8 Å². The standard InChI is InChI=1S/C13H15ClN4OS2/c1-3-15-11(19)7-20-13-18-17-12(21-13)16-9-5-4-8(2)10(14)6-9/h4-6H,3,7H2,1-2H3,(H,15,19)(H,16,17). The molecule has 8 heteroatoms. The molecule has 0 aliphatic rings. The summed E-state index contributed by atoms with van der Waals surface area (Å²) < 4.78 is 0.752. The van der Waals surface area contributed by atoms with Crippen LogP contribution >= 0.6 is 34.7 Å². The van der Waals surface area contributed by atoms with Crippen LogP contribution in [0.25, 0.3) is 0 Å². The minimum Gasteiger partial charge on any atom is -0.356 e. The number of benzene rings is 1. The smallest absolute Gasteiger partial charge is 0.230 e. The molecule has 0 bridgehead atoms. The van der Waals surface area contributed by atoms with E-state index in [1.807, 2.05) is 32.0 Å². The molecular weight excluding hydrogens is 328 g/mol. The zero-order chi connectivity index (χ0) is 15.2. The predicted molar refractivity (Wildman–Crippen MR) is 88.8 cm³/mol. The first-order valence-electron chi connectivity index (χ1n) is 6.34. The fourth-order valence-electron chi connectivity index (χ4n) is 1.49. The van der Waals surface area contributed by atoms with Crippen LogP contribution in [0.4, 0.5) is 10.8 Å². The summed E-state index contributed by atoms with van der Waals surface area (Å²) in [5.74, 6) is 0.344. The van der Waals surface area contributed by atoms with Gasteiger partial charge in [0.05, 0.1) is 5.75 Å². The Kier molecular flexibility index (Phi) is 5.84. The molecule has 2 aromatic rings. The minimum absolute atomic E-state index is 0.00229. The molecule has 2 N–H and O–H groups in total. The lowest BCUT2D eigenvalue weighted by molar-refractivity contribution is -0.118. The van der Waals surface area contributed by atoms with E-state index in [0.717, 1.165) is 15.6 Å². The summed E-state index contributed by atoms with van der Waals surface area (Å²) >= 11 is 8.86. The summed E-state index contributed by atoms with van der Waals surface area (Å²) in [6.45, 7) is 4.48. The van der Waals surface area contributed by atoms with Gasteiger partial charge in [-0.2, -0.15) is 0 Å². The highest BCUT2D eigenvalue weighted by molar-refractivity contribution is 8.01. The SMILES string of the molecule is CCNC(=O)CSc1nnc(Nc2ccc(C)c(Cl)c2)s1. The van der Waals surface area contributed by atoms with E-state index in [4.69, 9.17) is 11.6 Å². The number of thioether (sulfide) groups is 1. The van der Waals surface area contributed by atoms with Gasteiger partial charge in [0.2, 0.25) is 11.0 Å². The molecule has 1 amide bonds. The van der Waals surface area contributed by atoms with Crippen molar-refractivity contribution < 1.29 is 4.79 Å². The van der Waals surface area contributed by atoms with Crippen LogP contribution in [0.1, 0.15) is 12.5 Å². The van der Waals surface area contributed by atoms with Crippen LogP contribution in [0.2, 0.25) is 5.02 Å². The van der Waals surface area contributed by atoms with Gasteiger partial charge < -0.3 is 10.6 Å². The summed E-state index contributed by atoms with van der Waals surface area (Å²) in [5.41, 5.74) is 1.89. The van der Waals surface area contributed by atoms with Gasteiger partial charge in [-0.15, -0.1) is 10.2 Å². The van der Waals surface area contributed by atoms with Crippen molar-refractivity contribution in [1.82, 2.24) is 15.5 Å². The largest absolute Gasteiger partial charge is 0.356 e. The Hall–Kier alpha value is -1.31. The molecule has 0 saturated heterocycles. The Morgan fingerprint density at radius 2 is 2.24 bits per heavy atom. The number of hydrogen-bond acceptors (Lipinski definition) is 6. The average Bonchev–Trinajstić information content (AvgIpc) is 2.89. The van der Waals surface area contributed by atoms with E-state index in [1.165, 1.54) is 23.1 Å². The van der Waals surface area contributed by atoms with Crippen LogP contribution in [0.5, 0.6) is 0 Å². The number of nitrogens with zero attached hydrogens (tertiary/aromatic N) is 2. The molecule has 0 aliphatic heterocycles. The molecule has 1 aromatic carbocycles. The number of nitrogens with one attached hydrogen (secondary N) is 2. The quantitative estimate of drug-likeness (QED) is 0.787. The predicted octanol–water partition coefficient (Wildman–Crippen LogP) is 3.47. The summed E-state index contributed by atoms with van der Waals surface area (Å²) in [7, 11) is 0. The van der Waals surface area contributed by atoms with Crippen LogP contribution in [0.15, 0.2) is 22.5 Å². The first-order valence-corrected chi connectivity index (χ1v) is 8.52. The molecule has 0 aliphatic carbocycles. The summed E-state index contributed by atoms with van der Waals surface area (Å²) in [4.78, 5) is 11.4. The van der Waals surface area contributed by atoms with E-state index in [-0.39, 0.29) is 5.91 Å². The van der Waals surface area contributed by atoms with Crippen molar-refractivity contribution in [2.75, 3.05) is 17.6 Å². The van der Waals surface area contributed by atoms with E-state index in [0.29, 0.717) is 22.5 Å². The first-order chi connectivity index (χ1) is 10.1. The Labute approximate surface area is 136 Å². The number of amides is 1. The number of hydrogen-bond donors (Lipinski definition) is 2. The van der Waals surface area contributed by atoms with E-state index < -0.39 is 0 Å². The van der Waals surface area contributed by atoms with Gasteiger partial charge in [0, 0.05) is 17.3 Å². The number of aryl methyl sites for hydroxylation is 1. The van der Waals surface area contributed by atoms with Crippen LogP contribution in [0, 0.1) is 6.92 Å². The fraction of sp³-hybridized carbons (Fsp3) is 0.308. The summed E-state index contributed by atoms with van der Waals surface area (Å²) in [6.07, 6.45) is 0. The minimum atomic E-state index is -0.00229. The van der Waals surface area contributed by atoms with Gasteiger partial charge in [-0.3, -0.25) is 4.79 Å². The van der Waals surface area contributed by atoms with Gasteiger partial charge in [-0.05, 0) is 31.5 Å². The fourth-order valence-corrected chi connectivity index (χ4v) is 3.27. The van der Waals surface area contributed by atoms with Crippen molar-refractivity contribution in [1.29, 1.82) is 0 Å². The molecule has 0 saturated carbocycles. The number of rotatable bonds is 6. The van der Waals surface area contributed by atoms with Crippen LogP contribution in [-0.4, -0.2) is 28.4 Å². The Morgan fingerprint density at radius 3 is 2.95 bits per heavy atom. The van der Waals surface area contributed by atoms with Gasteiger partial charge in [0.1, 0.15) is 0 Å². The third-order valence-corrected chi connectivity index (χ3v) is 4.91. The highest BCUT2D eigenvalue weighted by atomic mass is 35.5. The maximum absolute atomic E-state index is 11.4. The Morgan fingerprint density at radius 1 is 1.43 bits per heavy atom. The van der Waals surface area contributed by atoms with E-state index >= 15 is 0 Å². The van der Waals surface area contributed by atoms with Gasteiger partial charge in [-0.1, -0.05) is 40.8 Å². The molecule has 1 aromatic heterocycles. The molecule has 2 rings (SSSR count). The molecule has 0 unspecified atom stereocenters. The van der Waals surface area contributed by atoms with Gasteiger partial charge in [0.15, 0.2) is 4.34 Å². The highest BCUT2D eigenvalue weighted by Crippen LogP contribution is 2.28. The van der Waals surface area contributed by atoms with Crippen LogP contribution < -0.4 is 10.6 Å². The Bertz CT molecular complexity index is 632. The summed E-state index contributed by atoms with van der Waals surface area (Å²) in [5, 5.41) is 15.4. The van der Waals surface area contributed by atoms with Crippen molar-refractivity contribution in [3.63, 3.8) is 0 Å². The highest BCUT2D eigenvalue weighted by Gasteiger charge is 2.08. The third kappa shape index (κ3) is 4.87. The third-order valence-electron chi connectivity index (χ3n) is 2.53. The molecule has 1 heterocycles. The molecule has 112 valence electrons. The lowest BCUT2D eigenvalue weighted by Crippen LogP contribution is -2.24. The monoisotopic (exact) mass is 342 g/mol. The molecule has 0 radical (unpaired) electrons. The van der Waals surface area contributed by atoms with Gasteiger partial charge in [0.25, 0.3) is 0 Å². The second kappa shape index (κ2) is 7.63. The number of carbonyl (C=O) groups is 1. The van der Waals surface area contributed by atoms with Crippen molar-refractivity contribution in [2.45, 2.75) is 18.2 Å². The Balaban J connectivity index is 1.93. The van der Waals surface area contributed by atoms with Crippen molar-refractivity contribution in [2.24, 2.45) is 0 Å². The van der Waals surface area contributed by atoms with E-state index in [2.05, 4.69) is 20.8 Å². The molecule has 0 fully saturated rings. The number of anilines is 2. The van der Waals surface area contributed by atoms with Crippen LogP contribution in [-0.2, 0) is 4.79 Å². The lowest BCUT2D eigenvalue weighted by atomic mass is 10.2. The molecule has 5 nitrogen and oxygen atoms in total. The second-order valence-corrected chi connectivity index (χ2v) is 6.81. The zero-order valence-electron chi connectivity index (χ0n) is 11.6. The van der Waals surface area contributed by atoms with Gasteiger partial charge in [-0.25, -0.2) is 0 Å². The molecule has 0 atom stereocenters.